The summed E-state index contributed by atoms with van der Waals surface area (Å²) in [4.78, 5) is 29.7. The molecule has 0 saturated heterocycles. The first-order valence-electron chi connectivity index (χ1n) is 13.2. The van der Waals surface area contributed by atoms with Crippen molar-refractivity contribution >= 4 is 51.0 Å². The van der Waals surface area contributed by atoms with Crippen LogP contribution >= 0.6 is 23.5 Å². The van der Waals surface area contributed by atoms with Gasteiger partial charge in [-0.2, -0.15) is 9.97 Å². The van der Waals surface area contributed by atoms with E-state index in [4.69, 9.17) is 9.47 Å². The van der Waals surface area contributed by atoms with Gasteiger partial charge in [0.15, 0.2) is 16.1 Å². The fraction of sp³-hybridized carbons (Fsp3) is 0.179. The van der Waals surface area contributed by atoms with Crippen LogP contribution in [0.4, 0.5) is 11.5 Å². The molecule has 0 spiro atoms. The van der Waals surface area contributed by atoms with Gasteiger partial charge in [-0.3, -0.25) is 14.1 Å². The van der Waals surface area contributed by atoms with Crippen LogP contribution in [0.2, 0.25) is 0 Å². The number of para-hydroxylation sites is 1. The second-order valence-electron chi connectivity index (χ2n) is 9.22. The number of rotatable bonds is 12. The topological polar surface area (TPSA) is 176 Å². The third-order valence-corrected chi connectivity index (χ3v) is 8.97. The average molecular weight is 666 g/mol. The molecule has 3 heterocycles. The molecule has 0 aliphatic heterocycles. The van der Waals surface area contributed by atoms with Crippen molar-refractivity contribution < 1.29 is 22.7 Å². The van der Waals surface area contributed by atoms with Gasteiger partial charge in [-0.05, 0) is 68.1 Å². The number of benzene rings is 2. The first-order chi connectivity index (χ1) is 21.6. The van der Waals surface area contributed by atoms with E-state index in [1.165, 1.54) is 68.1 Å². The van der Waals surface area contributed by atoms with Gasteiger partial charge in [0.05, 0.1) is 30.6 Å². The highest BCUT2D eigenvalue weighted by molar-refractivity contribution is 8.00. The Hall–Kier alpha value is -4.74. The molecule has 0 radical (unpaired) electrons. The first kappa shape index (κ1) is 31.7. The van der Waals surface area contributed by atoms with E-state index in [1.807, 2.05) is 54.8 Å². The summed E-state index contributed by atoms with van der Waals surface area (Å²) in [5.41, 5.74) is 2.92. The van der Waals surface area contributed by atoms with Crippen molar-refractivity contribution in [2.45, 2.75) is 34.2 Å². The van der Waals surface area contributed by atoms with Gasteiger partial charge >= 0.3 is 6.01 Å². The van der Waals surface area contributed by atoms with Gasteiger partial charge in [-0.25, -0.2) is 18.4 Å². The Labute approximate surface area is 267 Å². The zero-order valence-corrected chi connectivity index (χ0v) is 26.9. The van der Waals surface area contributed by atoms with E-state index in [0.29, 0.717) is 21.2 Å². The minimum atomic E-state index is -4.01. The lowest BCUT2D eigenvalue weighted by molar-refractivity contribution is -0.113. The molecular weight excluding hydrogens is 639 g/mol. The molecule has 45 heavy (non-hydrogen) atoms. The molecule has 1 amide bonds. The lowest BCUT2D eigenvalue weighted by atomic mass is 10.3. The average Bonchev–Trinajstić information content (AvgIpc) is 3.41. The van der Waals surface area contributed by atoms with Gasteiger partial charge in [0.25, 0.3) is 10.0 Å². The zero-order chi connectivity index (χ0) is 32.0. The summed E-state index contributed by atoms with van der Waals surface area (Å²) in [6.07, 6.45) is 0. The molecular formula is C28H27N9O5S3. The Balaban J connectivity index is 1.26. The van der Waals surface area contributed by atoms with Gasteiger partial charge < -0.3 is 14.8 Å². The maximum absolute atomic E-state index is 12.9. The number of hydrogen-bond acceptors (Lipinski definition) is 13. The van der Waals surface area contributed by atoms with E-state index < -0.39 is 10.0 Å². The lowest BCUT2D eigenvalue weighted by Gasteiger charge is -2.11. The number of thioether (sulfide) groups is 1. The predicted molar refractivity (Wildman–Crippen MR) is 169 cm³/mol. The van der Waals surface area contributed by atoms with Crippen molar-refractivity contribution in [2.75, 3.05) is 30.0 Å². The SMILES string of the molecule is COc1cc(NS(=O)(=O)c2ccc(NC(=O)CSc3nnc(Sc4nc(C)cc(C)n4)n3-c3ccccc3)cc2)nc(OC)n1. The van der Waals surface area contributed by atoms with Crippen LogP contribution < -0.4 is 19.5 Å². The number of carbonyl (C=O) groups excluding carboxylic acids is 1. The molecule has 0 fully saturated rings. The highest BCUT2D eigenvalue weighted by Gasteiger charge is 2.20. The molecule has 232 valence electrons. The van der Waals surface area contributed by atoms with Gasteiger partial charge in [0.2, 0.25) is 16.9 Å². The van der Waals surface area contributed by atoms with Crippen LogP contribution in [0.5, 0.6) is 11.9 Å². The number of nitrogens with zero attached hydrogens (tertiary/aromatic N) is 7. The van der Waals surface area contributed by atoms with Crippen molar-refractivity contribution in [2.24, 2.45) is 0 Å². The van der Waals surface area contributed by atoms with Crippen molar-refractivity contribution in [1.82, 2.24) is 34.7 Å². The summed E-state index contributed by atoms with van der Waals surface area (Å²) in [5, 5.41) is 13.1. The highest BCUT2D eigenvalue weighted by Crippen LogP contribution is 2.31. The Morgan fingerprint density at radius 1 is 0.867 bits per heavy atom. The lowest BCUT2D eigenvalue weighted by Crippen LogP contribution is -2.16. The molecule has 0 atom stereocenters. The molecule has 0 unspecified atom stereocenters. The van der Waals surface area contributed by atoms with Crippen molar-refractivity contribution in [3.05, 3.63) is 78.1 Å². The van der Waals surface area contributed by atoms with E-state index in [-0.39, 0.29) is 34.3 Å². The van der Waals surface area contributed by atoms with E-state index in [9.17, 15) is 13.2 Å². The van der Waals surface area contributed by atoms with E-state index in [1.54, 1.807) is 0 Å². The second-order valence-corrected chi connectivity index (χ2v) is 12.8. The summed E-state index contributed by atoms with van der Waals surface area (Å²) < 4.78 is 40.1. The first-order valence-corrected chi connectivity index (χ1v) is 16.5. The number of aromatic nitrogens is 7. The quantitative estimate of drug-likeness (QED) is 0.144. The molecule has 2 N–H and O–H groups in total. The number of amides is 1. The third kappa shape index (κ3) is 8.05. The maximum atomic E-state index is 12.9. The van der Waals surface area contributed by atoms with Gasteiger partial charge in [-0.15, -0.1) is 10.2 Å². The van der Waals surface area contributed by atoms with E-state index >= 15 is 0 Å². The number of carbonyl (C=O) groups is 1. The normalized spacial score (nSPS) is 11.2. The smallest absolute Gasteiger partial charge is 0.321 e. The standard InChI is InChI=1S/C28H27N9O5S3/c1-17-14-18(2)30-26(29-17)44-28-35-34-27(37(28)20-8-6-5-7-9-20)43-16-23(38)31-19-10-12-21(13-11-19)45(39,40)36-22-15-24(41-3)33-25(32-22)42-4/h5-15H,16H2,1-4H3,(H,31,38)(H,32,33,36). The number of ether oxygens (including phenoxy) is 2. The summed E-state index contributed by atoms with van der Waals surface area (Å²) in [7, 11) is -1.27. The minimum Gasteiger partial charge on any atom is -0.481 e. The van der Waals surface area contributed by atoms with Crippen LogP contribution in [0.3, 0.4) is 0 Å². The molecule has 0 saturated carbocycles. The third-order valence-electron chi connectivity index (χ3n) is 5.86. The number of sulfonamides is 1. The fourth-order valence-electron chi connectivity index (χ4n) is 3.93. The Morgan fingerprint density at radius 3 is 2.22 bits per heavy atom. The molecule has 0 aliphatic carbocycles. The second kappa shape index (κ2) is 13.9. The van der Waals surface area contributed by atoms with Crippen LogP contribution in [0.15, 0.2) is 87.1 Å². The Morgan fingerprint density at radius 2 is 1.56 bits per heavy atom. The zero-order valence-electron chi connectivity index (χ0n) is 24.5. The van der Waals surface area contributed by atoms with Crippen LogP contribution in [-0.4, -0.2) is 69.0 Å². The highest BCUT2D eigenvalue weighted by atomic mass is 32.2. The summed E-state index contributed by atoms with van der Waals surface area (Å²) in [6, 6.07) is 18.4. The van der Waals surface area contributed by atoms with Gasteiger partial charge in [0.1, 0.15) is 0 Å². The monoisotopic (exact) mass is 665 g/mol. The predicted octanol–water partition coefficient (Wildman–Crippen LogP) is 4.16. The van der Waals surface area contributed by atoms with Crippen LogP contribution in [-0.2, 0) is 14.8 Å². The number of anilines is 2. The maximum Gasteiger partial charge on any atom is 0.321 e. The Bertz CT molecular complexity index is 1880. The molecule has 2 aromatic carbocycles. The molecule has 5 aromatic rings. The van der Waals surface area contributed by atoms with Crippen molar-refractivity contribution in [3.63, 3.8) is 0 Å². The summed E-state index contributed by atoms with van der Waals surface area (Å²) >= 11 is 2.49. The van der Waals surface area contributed by atoms with Gasteiger partial charge in [0, 0.05) is 23.1 Å². The summed E-state index contributed by atoms with van der Waals surface area (Å²) in [6.45, 7) is 3.80. The molecule has 17 heteroatoms. The van der Waals surface area contributed by atoms with E-state index in [2.05, 4.69) is 40.2 Å². The van der Waals surface area contributed by atoms with Gasteiger partial charge in [-0.1, -0.05) is 30.0 Å². The molecule has 0 aliphatic rings. The largest absolute Gasteiger partial charge is 0.481 e. The Kier molecular flexibility index (Phi) is 9.80. The molecule has 5 rings (SSSR count). The molecule has 14 nitrogen and oxygen atoms in total. The number of aryl methyl sites for hydroxylation is 2. The number of methoxy groups -OCH3 is 2. The summed E-state index contributed by atoms with van der Waals surface area (Å²) in [5.74, 6) is -0.194. The van der Waals surface area contributed by atoms with Crippen molar-refractivity contribution in [3.8, 4) is 17.6 Å². The molecule has 0 bridgehead atoms. The van der Waals surface area contributed by atoms with Crippen LogP contribution in [0, 0.1) is 13.8 Å². The number of hydrogen-bond donors (Lipinski definition) is 2. The van der Waals surface area contributed by atoms with E-state index in [0.717, 1.165) is 17.1 Å². The van der Waals surface area contributed by atoms with Crippen molar-refractivity contribution in [1.29, 1.82) is 0 Å². The molecule has 3 aromatic heterocycles. The minimum absolute atomic E-state index is 0.0225. The van der Waals surface area contributed by atoms with Crippen LogP contribution in [0.25, 0.3) is 5.69 Å². The number of nitrogens with one attached hydrogen (secondary N) is 2. The fourth-order valence-corrected chi connectivity index (χ4v) is 6.64. The van der Waals surface area contributed by atoms with Crippen LogP contribution in [0.1, 0.15) is 11.4 Å².